The van der Waals surface area contributed by atoms with Crippen molar-refractivity contribution in [3.05, 3.63) is 65.4 Å². The van der Waals surface area contributed by atoms with E-state index in [1.54, 1.807) is 0 Å². The summed E-state index contributed by atoms with van der Waals surface area (Å²) >= 11 is 0. The van der Waals surface area contributed by atoms with Crippen LogP contribution in [-0.4, -0.2) is 42.8 Å². The van der Waals surface area contributed by atoms with E-state index in [-0.39, 0.29) is 18.5 Å². The average Bonchev–Trinajstić information content (AvgIpc) is 3.12. The maximum atomic E-state index is 6.29. The summed E-state index contributed by atoms with van der Waals surface area (Å²) in [4.78, 5) is 12.1. The molecule has 3 N–H and O–H groups in total. The second-order valence-electron chi connectivity index (χ2n) is 7.61. The summed E-state index contributed by atoms with van der Waals surface area (Å²) in [6.07, 6.45) is 2.98. The molecule has 1 atom stereocenters. The highest BCUT2D eigenvalue weighted by Gasteiger charge is 2.21. The van der Waals surface area contributed by atoms with Crippen molar-refractivity contribution in [1.82, 2.24) is 10.0 Å². The zero-order valence-corrected chi connectivity index (χ0v) is 18.0. The molecule has 1 aromatic heterocycles. The van der Waals surface area contributed by atoms with Crippen molar-refractivity contribution in [3.63, 3.8) is 0 Å². The molecule has 1 unspecified atom stereocenters. The van der Waals surface area contributed by atoms with Gasteiger partial charge in [0.25, 0.3) is 0 Å². The van der Waals surface area contributed by atoms with Crippen LogP contribution in [0.3, 0.4) is 0 Å². The molecule has 1 saturated heterocycles. The van der Waals surface area contributed by atoms with Crippen molar-refractivity contribution in [2.45, 2.75) is 26.4 Å². The standard InChI is InChI=1S/C23H30N4O.ClH/c1-17-5-3-4-6-23(17)26-11-13-27(14-12-26)28-18(2)19-7-8-22-21(15-19)20(9-10-24)16-25-22;/h3-8,15-16,18,25H,9-14,24H2,1-2H3;1H. The van der Waals surface area contributed by atoms with Crippen LogP contribution in [0.2, 0.25) is 0 Å². The Kier molecular flexibility index (Phi) is 7.19. The first-order valence-electron chi connectivity index (χ1n) is 10.2. The second kappa shape index (κ2) is 9.63. The zero-order valence-electron chi connectivity index (χ0n) is 17.2. The van der Waals surface area contributed by atoms with Gasteiger partial charge in [0.15, 0.2) is 0 Å². The normalized spacial score (nSPS) is 16.0. The van der Waals surface area contributed by atoms with Gasteiger partial charge in [-0.1, -0.05) is 24.3 Å². The number of nitrogens with one attached hydrogen (secondary N) is 1. The van der Waals surface area contributed by atoms with Gasteiger partial charge in [-0.05, 0) is 61.7 Å². The smallest absolute Gasteiger partial charge is 0.101 e. The number of para-hydroxylation sites is 1. The van der Waals surface area contributed by atoms with E-state index in [9.17, 15) is 0 Å². The third kappa shape index (κ3) is 4.75. The quantitative estimate of drug-likeness (QED) is 0.634. The molecular formula is C23H31ClN4O. The molecule has 0 radical (unpaired) electrons. The molecule has 156 valence electrons. The first-order chi connectivity index (χ1) is 13.7. The topological polar surface area (TPSA) is 57.5 Å². The number of aromatic amines is 1. The molecule has 0 saturated carbocycles. The number of benzene rings is 2. The van der Waals surface area contributed by atoms with E-state index in [1.807, 2.05) is 0 Å². The summed E-state index contributed by atoms with van der Waals surface area (Å²) in [5.74, 6) is 0. The summed E-state index contributed by atoms with van der Waals surface area (Å²) in [6.45, 7) is 8.74. The minimum absolute atomic E-state index is 0. The highest BCUT2D eigenvalue weighted by molar-refractivity contribution is 5.85. The Bertz CT molecular complexity index is 934. The van der Waals surface area contributed by atoms with Crippen LogP contribution in [-0.2, 0) is 11.3 Å². The van der Waals surface area contributed by atoms with Gasteiger partial charge in [-0.15, -0.1) is 12.4 Å². The average molecular weight is 415 g/mol. The number of anilines is 1. The van der Waals surface area contributed by atoms with E-state index < -0.39 is 0 Å². The van der Waals surface area contributed by atoms with Crippen LogP contribution in [0.15, 0.2) is 48.7 Å². The number of halogens is 1. The van der Waals surface area contributed by atoms with Crippen LogP contribution in [0.4, 0.5) is 5.69 Å². The van der Waals surface area contributed by atoms with Crippen molar-refractivity contribution in [3.8, 4) is 0 Å². The summed E-state index contributed by atoms with van der Waals surface area (Å²) in [7, 11) is 0. The highest BCUT2D eigenvalue weighted by Crippen LogP contribution is 2.27. The third-order valence-electron chi connectivity index (χ3n) is 5.68. The highest BCUT2D eigenvalue weighted by atomic mass is 35.5. The van der Waals surface area contributed by atoms with Gasteiger partial charge >= 0.3 is 0 Å². The van der Waals surface area contributed by atoms with Gasteiger partial charge < -0.3 is 15.6 Å². The minimum Gasteiger partial charge on any atom is -0.369 e. The molecule has 0 aliphatic carbocycles. The maximum Gasteiger partial charge on any atom is 0.101 e. The van der Waals surface area contributed by atoms with E-state index in [0.717, 1.165) is 38.1 Å². The Morgan fingerprint density at radius 1 is 1.10 bits per heavy atom. The Balaban J connectivity index is 0.00000240. The Labute approximate surface area is 179 Å². The van der Waals surface area contributed by atoms with Crippen molar-refractivity contribution in [2.75, 3.05) is 37.6 Å². The monoisotopic (exact) mass is 414 g/mol. The first-order valence-corrected chi connectivity index (χ1v) is 10.2. The molecule has 1 aliphatic heterocycles. The fraction of sp³-hybridized carbons (Fsp3) is 0.391. The number of rotatable bonds is 6. The summed E-state index contributed by atoms with van der Waals surface area (Å²) in [5, 5.41) is 3.37. The summed E-state index contributed by atoms with van der Waals surface area (Å²) in [6, 6.07) is 15.1. The van der Waals surface area contributed by atoms with Crippen molar-refractivity contribution < 1.29 is 4.84 Å². The number of hydrogen-bond donors (Lipinski definition) is 2. The first kappa shape index (κ1) is 21.7. The number of H-pyrrole nitrogens is 1. The lowest BCUT2D eigenvalue weighted by molar-refractivity contribution is -0.197. The van der Waals surface area contributed by atoms with E-state index in [2.05, 4.69) is 77.5 Å². The van der Waals surface area contributed by atoms with Gasteiger partial charge in [0.1, 0.15) is 6.10 Å². The predicted molar refractivity (Wildman–Crippen MR) is 123 cm³/mol. The van der Waals surface area contributed by atoms with Crippen molar-refractivity contribution in [1.29, 1.82) is 0 Å². The number of aryl methyl sites for hydroxylation is 1. The molecule has 1 fully saturated rings. The van der Waals surface area contributed by atoms with Gasteiger partial charge in [0, 0.05) is 49.0 Å². The Morgan fingerprint density at radius 3 is 2.59 bits per heavy atom. The predicted octanol–water partition coefficient (Wildman–Crippen LogP) is 4.21. The molecule has 2 heterocycles. The summed E-state index contributed by atoms with van der Waals surface area (Å²) < 4.78 is 0. The van der Waals surface area contributed by atoms with Crippen LogP contribution in [0.1, 0.15) is 29.7 Å². The molecule has 2 aromatic carbocycles. The Hall–Kier alpha value is -2.05. The number of piperazine rings is 1. The third-order valence-corrected chi connectivity index (χ3v) is 5.68. The van der Waals surface area contributed by atoms with Crippen LogP contribution >= 0.6 is 12.4 Å². The van der Waals surface area contributed by atoms with E-state index in [1.165, 1.54) is 27.8 Å². The van der Waals surface area contributed by atoms with E-state index in [0.29, 0.717) is 6.54 Å². The second-order valence-corrected chi connectivity index (χ2v) is 7.61. The molecule has 5 nitrogen and oxygen atoms in total. The SMILES string of the molecule is Cc1ccccc1N1CCN(OC(C)c2ccc3[nH]cc(CCN)c3c2)CC1.Cl. The van der Waals surface area contributed by atoms with Gasteiger partial charge in [-0.25, -0.2) is 0 Å². The number of fused-ring (bicyclic) bond motifs is 1. The number of hydrogen-bond acceptors (Lipinski definition) is 4. The van der Waals surface area contributed by atoms with Crippen molar-refractivity contribution in [2.24, 2.45) is 5.73 Å². The van der Waals surface area contributed by atoms with Crippen LogP contribution in [0.5, 0.6) is 0 Å². The van der Waals surface area contributed by atoms with Gasteiger partial charge in [-0.2, -0.15) is 5.06 Å². The van der Waals surface area contributed by atoms with Crippen LogP contribution in [0, 0.1) is 6.92 Å². The molecule has 29 heavy (non-hydrogen) atoms. The lowest BCUT2D eigenvalue weighted by atomic mass is 10.0. The zero-order chi connectivity index (χ0) is 19.5. The number of nitrogens with zero attached hydrogens (tertiary/aromatic N) is 2. The van der Waals surface area contributed by atoms with Gasteiger partial charge in [-0.3, -0.25) is 4.84 Å². The van der Waals surface area contributed by atoms with Crippen molar-refractivity contribution >= 4 is 29.0 Å². The molecule has 4 rings (SSSR count). The van der Waals surface area contributed by atoms with Crippen LogP contribution < -0.4 is 10.6 Å². The molecular weight excluding hydrogens is 384 g/mol. The molecule has 1 aliphatic rings. The lowest BCUT2D eigenvalue weighted by Crippen LogP contribution is -2.46. The van der Waals surface area contributed by atoms with E-state index >= 15 is 0 Å². The molecule has 3 aromatic rings. The van der Waals surface area contributed by atoms with Gasteiger partial charge in [0.05, 0.1) is 0 Å². The summed E-state index contributed by atoms with van der Waals surface area (Å²) in [5.41, 5.74) is 12.0. The lowest BCUT2D eigenvalue weighted by Gasteiger charge is -2.37. The molecule has 6 heteroatoms. The number of hydroxylamine groups is 2. The largest absolute Gasteiger partial charge is 0.369 e. The van der Waals surface area contributed by atoms with Crippen LogP contribution in [0.25, 0.3) is 10.9 Å². The molecule has 0 spiro atoms. The minimum atomic E-state index is 0. The van der Waals surface area contributed by atoms with E-state index in [4.69, 9.17) is 10.6 Å². The Morgan fingerprint density at radius 2 is 1.86 bits per heavy atom. The maximum absolute atomic E-state index is 6.29. The fourth-order valence-corrected chi connectivity index (χ4v) is 4.05. The number of nitrogens with two attached hydrogens (primary N) is 1. The molecule has 0 bridgehead atoms. The fourth-order valence-electron chi connectivity index (χ4n) is 4.05. The van der Waals surface area contributed by atoms with Gasteiger partial charge in [0.2, 0.25) is 0 Å². The number of aromatic nitrogens is 1. The molecule has 0 amide bonds.